The van der Waals surface area contributed by atoms with Crippen LogP contribution in [0.2, 0.25) is 0 Å². The standard InChI is InChI=1S/C21H33N5O2.HI/c1-3-22-21(23-9-5-12-27-15-18-8-13-28-16-18)24-10-7-19-14-26-11-4-6-17(2)20(26)25-19;/h4,6,11,14,18H,3,5,7-10,12-13,15-16H2,1-2H3,(H2,22,23,24);1H. The fourth-order valence-corrected chi connectivity index (χ4v) is 3.30. The Balaban J connectivity index is 0.00000300. The Bertz CT molecular complexity index is 759. The van der Waals surface area contributed by atoms with Gasteiger partial charge in [0.15, 0.2) is 5.96 Å². The number of fused-ring (bicyclic) bond motifs is 1. The van der Waals surface area contributed by atoms with Gasteiger partial charge in [0.2, 0.25) is 0 Å². The fourth-order valence-electron chi connectivity index (χ4n) is 3.30. The van der Waals surface area contributed by atoms with Crippen LogP contribution in [0, 0.1) is 12.8 Å². The van der Waals surface area contributed by atoms with Gasteiger partial charge in [-0.15, -0.1) is 24.0 Å². The van der Waals surface area contributed by atoms with E-state index in [2.05, 4.69) is 46.1 Å². The lowest BCUT2D eigenvalue weighted by Crippen LogP contribution is -2.38. The summed E-state index contributed by atoms with van der Waals surface area (Å²) in [6, 6.07) is 4.14. The third-order valence-electron chi connectivity index (χ3n) is 4.84. The van der Waals surface area contributed by atoms with Crippen LogP contribution < -0.4 is 10.6 Å². The van der Waals surface area contributed by atoms with Crippen molar-refractivity contribution >= 4 is 35.6 Å². The van der Waals surface area contributed by atoms with E-state index in [4.69, 9.17) is 14.5 Å². The first-order chi connectivity index (χ1) is 13.8. The lowest BCUT2D eigenvalue weighted by atomic mass is 10.1. The molecule has 1 aliphatic heterocycles. The number of hydrogen-bond donors (Lipinski definition) is 2. The average Bonchev–Trinajstić information content (AvgIpc) is 3.34. The molecule has 1 fully saturated rings. The summed E-state index contributed by atoms with van der Waals surface area (Å²) in [6.45, 7) is 9.85. The van der Waals surface area contributed by atoms with Crippen LogP contribution >= 0.6 is 24.0 Å². The summed E-state index contributed by atoms with van der Waals surface area (Å²) in [7, 11) is 0. The van der Waals surface area contributed by atoms with E-state index in [-0.39, 0.29) is 24.0 Å². The number of hydrogen-bond acceptors (Lipinski definition) is 4. The maximum Gasteiger partial charge on any atom is 0.191 e. The van der Waals surface area contributed by atoms with Crippen LogP contribution in [0.5, 0.6) is 0 Å². The van der Waals surface area contributed by atoms with Crippen molar-refractivity contribution in [3.05, 3.63) is 35.8 Å². The van der Waals surface area contributed by atoms with Gasteiger partial charge in [0.1, 0.15) is 5.65 Å². The van der Waals surface area contributed by atoms with Crippen molar-refractivity contribution in [3.8, 4) is 0 Å². The number of aliphatic imine (C=N–C) groups is 1. The van der Waals surface area contributed by atoms with Gasteiger partial charge < -0.3 is 24.5 Å². The topological polar surface area (TPSA) is 72.2 Å². The molecule has 1 aliphatic rings. The molecule has 2 N–H and O–H groups in total. The van der Waals surface area contributed by atoms with Gasteiger partial charge in [0.05, 0.1) is 18.9 Å². The van der Waals surface area contributed by atoms with E-state index in [0.717, 1.165) is 82.6 Å². The molecule has 0 radical (unpaired) electrons. The third-order valence-corrected chi connectivity index (χ3v) is 4.84. The van der Waals surface area contributed by atoms with E-state index in [1.165, 1.54) is 5.56 Å². The Kier molecular flexibility index (Phi) is 10.7. The van der Waals surface area contributed by atoms with Gasteiger partial charge in [-0.1, -0.05) is 6.07 Å². The minimum atomic E-state index is 0. The number of nitrogens with zero attached hydrogens (tertiary/aromatic N) is 3. The van der Waals surface area contributed by atoms with Crippen molar-refractivity contribution in [2.75, 3.05) is 46.1 Å². The van der Waals surface area contributed by atoms with Crippen LogP contribution in [0.4, 0.5) is 0 Å². The van der Waals surface area contributed by atoms with Crippen LogP contribution in [0.15, 0.2) is 29.5 Å². The summed E-state index contributed by atoms with van der Waals surface area (Å²) >= 11 is 0. The molecule has 0 amide bonds. The summed E-state index contributed by atoms with van der Waals surface area (Å²) in [6.07, 6.45) is 7.05. The summed E-state index contributed by atoms with van der Waals surface area (Å²) in [5.74, 6) is 1.43. The number of ether oxygens (including phenoxy) is 2. The summed E-state index contributed by atoms with van der Waals surface area (Å²) in [5.41, 5.74) is 3.31. The molecule has 7 nitrogen and oxygen atoms in total. The van der Waals surface area contributed by atoms with Gasteiger partial charge in [-0.2, -0.15) is 0 Å². The molecule has 0 aliphatic carbocycles. The first-order valence-electron chi connectivity index (χ1n) is 10.4. The molecule has 1 unspecified atom stereocenters. The van der Waals surface area contributed by atoms with E-state index in [0.29, 0.717) is 5.92 Å². The fraction of sp³-hybridized carbons (Fsp3) is 0.619. The highest BCUT2D eigenvalue weighted by Crippen LogP contribution is 2.12. The molecule has 8 heteroatoms. The largest absolute Gasteiger partial charge is 0.381 e. The lowest BCUT2D eigenvalue weighted by molar-refractivity contribution is 0.0893. The van der Waals surface area contributed by atoms with E-state index in [1.807, 2.05) is 12.3 Å². The zero-order valence-corrected chi connectivity index (χ0v) is 19.9. The molecule has 3 heterocycles. The SMILES string of the molecule is CCNC(=NCCCOCC1CCOC1)NCCc1cn2cccc(C)c2n1.I. The molecular weight excluding hydrogens is 481 g/mol. The first kappa shape index (κ1) is 23.9. The van der Waals surface area contributed by atoms with Crippen molar-refractivity contribution in [1.29, 1.82) is 0 Å². The Labute approximate surface area is 190 Å². The number of guanidine groups is 1. The van der Waals surface area contributed by atoms with Gasteiger partial charge in [0, 0.05) is 57.6 Å². The summed E-state index contributed by atoms with van der Waals surface area (Å²) in [4.78, 5) is 9.36. The van der Waals surface area contributed by atoms with Gasteiger partial charge in [-0.3, -0.25) is 4.99 Å². The van der Waals surface area contributed by atoms with Crippen molar-refractivity contribution in [3.63, 3.8) is 0 Å². The Hall–Kier alpha value is -1.39. The Morgan fingerprint density at radius 2 is 2.31 bits per heavy atom. The van der Waals surface area contributed by atoms with Crippen LogP contribution in [0.1, 0.15) is 31.0 Å². The Morgan fingerprint density at radius 3 is 3.07 bits per heavy atom. The van der Waals surface area contributed by atoms with Crippen LogP contribution in [0.25, 0.3) is 5.65 Å². The second-order valence-corrected chi connectivity index (χ2v) is 7.25. The van der Waals surface area contributed by atoms with Crippen molar-refractivity contribution in [2.45, 2.75) is 33.1 Å². The molecule has 162 valence electrons. The number of aromatic nitrogens is 2. The third kappa shape index (κ3) is 7.75. The molecule has 0 spiro atoms. The highest BCUT2D eigenvalue weighted by molar-refractivity contribution is 14.0. The second-order valence-electron chi connectivity index (χ2n) is 7.25. The van der Waals surface area contributed by atoms with E-state index >= 15 is 0 Å². The number of halogens is 1. The smallest absolute Gasteiger partial charge is 0.191 e. The van der Waals surface area contributed by atoms with E-state index in [1.54, 1.807) is 0 Å². The zero-order valence-electron chi connectivity index (χ0n) is 17.5. The number of aryl methyl sites for hydroxylation is 1. The number of imidazole rings is 1. The van der Waals surface area contributed by atoms with Crippen molar-refractivity contribution in [1.82, 2.24) is 20.0 Å². The monoisotopic (exact) mass is 515 g/mol. The molecule has 2 aromatic rings. The van der Waals surface area contributed by atoms with Gasteiger partial charge in [-0.25, -0.2) is 4.98 Å². The molecule has 1 atom stereocenters. The van der Waals surface area contributed by atoms with Crippen molar-refractivity contribution in [2.24, 2.45) is 10.9 Å². The number of rotatable bonds is 10. The van der Waals surface area contributed by atoms with Gasteiger partial charge in [0.25, 0.3) is 0 Å². The molecule has 2 aromatic heterocycles. The zero-order chi connectivity index (χ0) is 19.6. The molecule has 3 rings (SSSR count). The lowest BCUT2D eigenvalue weighted by Gasteiger charge is -2.11. The predicted molar refractivity (Wildman–Crippen MR) is 127 cm³/mol. The van der Waals surface area contributed by atoms with E-state index in [9.17, 15) is 0 Å². The van der Waals surface area contributed by atoms with Crippen LogP contribution in [-0.4, -0.2) is 61.4 Å². The van der Waals surface area contributed by atoms with E-state index < -0.39 is 0 Å². The quantitative estimate of drug-likeness (QED) is 0.221. The maximum absolute atomic E-state index is 5.74. The molecule has 0 saturated carbocycles. The average molecular weight is 515 g/mol. The van der Waals surface area contributed by atoms with Gasteiger partial charge in [-0.05, 0) is 38.3 Å². The highest BCUT2D eigenvalue weighted by Gasteiger charge is 2.15. The van der Waals surface area contributed by atoms with Crippen molar-refractivity contribution < 1.29 is 9.47 Å². The van der Waals surface area contributed by atoms with Crippen LogP contribution in [0.3, 0.4) is 0 Å². The van der Waals surface area contributed by atoms with Gasteiger partial charge >= 0.3 is 0 Å². The Morgan fingerprint density at radius 1 is 1.41 bits per heavy atom. The maximum atomic E-state index is 5.74. The second kappa shape index (κ2) is 13.0. The highest BCUT2D eigenvalue weighted by atomic mass is 127. The number of nitrogens with one attached hydrogen (secondary N) is 2. The molecule has 0 aromatic carbocycles. The normalized spacial score (nSPS) is 16.8. The minimum Gasteiger partial charge on any atom is -0.381 e. The molecule has 29 heavy (non-hydrogen) atoms. The molecule has 1 saturated heterocycles. The summed E-state index contributed by atoms with van der Waals surface area (Å²) < 4.78 is 13.2. The first-order valence-corrected chi connectivity index (χ1v) is 10.4. The molecular formula is C21H34IN5O2. The van der Waals surface area contributed by atoms with Crippen LogP contribution in [-0.2, 0) is 15.9 Å². The number of pyridine rings is 1. The summed E-state index contributed by atoms with van der Waals surface area (Å²) in [5, 5.41) is 6.69. The predicted octanol–water partition coefficient (Wildman–Crippen LogP) is 2.80. The molecule has 0 bridgehead atoms. The minimum absolute atomic E-state index is 0.